The van der Waals surface area contributed by atoms with E-state index in [4.69, 9.17) is 9.47 Å². The molecular weight excluding hydrogens is 396 g/mol. The van der Waals surface area contributed by atoms with Crippen LogP contribution in [0.5, 0.6) is 11.5 Å². The fourth-order valence-corrected chi connectivity index (χ4v) is 3.83. The number of benzene rings is 1. The number of likely N-dealkylation sites (tertiary alicyclic amines) is 1. The number of carbonyl (C=O) groups excluding carboxylic acids is 1. The first kappa shape index (κ1) is 20.9. The van der Waals surface area contributed by atoms with Crippen molar-refractivity contribution < 1.29 is 14.3 Å². The zero-order valence-corrected chi connectivity index (χ0v) is 18.2. The quantitative estimate of drug-likeness (QED) is 0.596. The smallest absolute Gasteiger partial charge is 0.244 e. The van der Waals surface area contributed by atoms with Gasteiger partial charge in [-0.25, -0.2) is 9.67 Å². The highest BCUT2D eigenvalue weighted by Crippen LogP contribution is 2.26. The maximum atomic E-state index is 12.7. The lowest BCUT2D eigenvalue weighted by atomic mass is 10.0. The molecule has 0 saturated carbocycles. The number of aromatic amines is 1. The number of hydrogen-bond donors (Lipinski definition) is 1. The maximum Gasteiger partial charge on any atom is 0.244 e. The fraction of sp³-hybridized carbons (Fsp3) is 0.455. The summed E-state index contributed by atoms with van der Waals surface area (Å²) in [5, 5.41) is 11.9. The van der Waals surface area contributed by atoms with Crippen molar-refractivity contribution in [1.29, 1.82) is 0 Å². The predicted molar refractivity (Wildman–Crippen MR) is 114 cm³/mol. The Bertz CT molecular complexity index is 1030. The zero-order valence-electron chi connectivity index (χ0n) is 18.2. The van der Waals surface area contributed by atoms with Gasteiger partial charge in [0.2, 0.25) is 5.91 Å². The number of carbonyl (C=O) groups is 1. The summed E-state index contributed by atoms with van der Waals surface area (Å²) in [5.74, 6) is 3.37. The Morgan fingerprint density at radius 2 is 2.00 bits per heavy atom. The summed E-state index contributed by atoms with van der Waals surface area (Å²) < 4.78 is 12.6. The van der Waals surface area contributed by atoms with Crippen LogP contribution in [0, 0.1) is 13.8 Å². The summed E-state index contributed by atoms with van der Waals surface area (Å²) in [6.45, 7) is 5.89. The van der Waals surface area contributed by atoms with Gasteiger partial charge in [0.05, 0.1) is 19.4 Å². The SMILES string of the molecule is COc1ccc(OCCc2cc([C@H]3CCN(C(=O)Cn4nc(C)nc4C)C3)n[nH]2)cc1. The summed E-state index contributed by atoms with van der Waals surface area (Å²) in [6.07, 6.45) is 1.65. The number of nitrogens with one attached hydrogen (secondary N) is 1. The molecule has 1 amide bonds. The van der Waals surface area contributed by atoms with Crippen molar-refractivity contribution in [2.24, 2.45) is 0 Å². The standard InChI is InChI=1S/C22H28N6O3/c1-15-23-16(2)28(26-15)14-22(29)27-10-8-17(13-27)21-12-18(24-25-21)9-11-31-20-6-4-19(30-3)5-7-20/h4-7,12,17H,8-11,13-14H2,1-3H3,(H,24,25)/t17-/m0/s1. The van der Waals surface area contributed by atoms with E-state index in [-0.39, 0.29) is 18.4 Å². The number of H-pyrrole nitrogens is 1. The van der Waals surface area contributed by atoms with Gasteiger partial charge in [-0.3, -0.25) is 9.89 Å². The summed E-state index contributed by atoms with van der Waals surface area (Å²) in [7, 11) is 1.64. The molecule has 1 saturated heterocycles. The minimum atomic E-state index is 0.0687. The van der Waals surface area contributed by atoms with E-state index in [0.717, 1.165) is 48.1 Å². The highest BCUT2D eigenvalue weighted by atomic mass is 16.5. The summed E-state index contributed by atoms with van der Waals surface area (Å²) in [6, 6.07) is 9.62. The van der Waals surface area contributed by atoms with E-state index in [1.54, 1.807) is 11.8 Å². The summed E-state index contributed by atoms with van der Waals surface area (Å²) in [5.41, 5.74) is 2.03. The van der Waals surface area contributed by atoms with Crippen LogP contribution in [0.1, 0.15) is 35.4 Å². The van der Waals surface area contributed by atoms with Crippen molar-refractivity contribution in [3.8, 4) is 11.5 Å². The van der Waals surface area contributed by atoms with Gasteiger partial charge in [0, 0.05) is 31.1 Å². The topological polar surface area (TPSA) is 98.2 Å². The monoisotopic (exact) mass is 424 g/mol. The number of aryl methyl sites for hydroxylation is 2. The fourth-order valence-electron chi connectivity index (χ4n) is 3.83. The molecule has 0 radical (unpaired) electrons. The molecule has 4 rings (SSSR count). The van der Waals surface area contributed by atoms with Crippen LogP contribution in [-0.2, 0) is 17.8 Å². The van der Waals surface area contributed by atoms with Gasteiger partial charge >= 0.3 is 0 Å². The third kappa shape index (κ3) is 5.04. The van der Waals surface area contributed by atoms with Crippen molar-refractivity contribution in [3.63, 3.8) is 0 Å². The molecule has 1 N–H and O–H groups in total. The number of nitrogens with zero attached hydrogens (tertiary/aromatic N) is 5. The molecule has 9 heteroatoms. The Balaban J connectivity index is 1.26. The van der Waals surface area contributed by atoms with Gasteiger partial charge < -0.3 is 14.4 Å². The van der Waals surface area contributed by atoms with Crippen molar-refractivity contribution in [1.82, 2.24) is 29.9 Å². The third-order valence-corrected chi connectivity index (χ3v) is 5.56. The third-order valence-electron chi connectivity index (χ3n) is 5.56. The van der Waals surface area contributed by atoms with E-state index in [1.165, 1.54) is 0 Å². The molecule has 1 atom stereocenters. The molecule has 0 unspecified atom stereocenters. The van der Waals surface area contributed by atoms with Crippen molar-refractivity contribution in [2.45, 2.75) is 39.2 Å². The number of methoxy groups -OCH3 is 1. The number of rotatable bonds is 8. The number of hydrogen-bond acceptors (Lipinski definition) is 6. The van der Waals surface area contributed by atoms with Crippen LogP contribution in [0.15, 0.2) is 30.3 Å². The number of ether oxygens (including phenoxy) is 2. The van der Waals surface area contributed by atoms with E-state index in [9.17, 15) is 4.79 Å². The van der Waals surface area contributed by atoms with Crippen LogP contribution in [-0.4, -0.2) is 62.6 Å². The molecule has 2 aromatic heterocycles. The minimum absolute atomic E-state index is 0.0687. The zero-order chi connectivity index (χ0) is 21.8. The van der Waals surface area contributed by atoms with Gasteiger partial charge in [-0.2, -0.15) is 10.2 Å². The minimum Gasteiger partial charge on any atom is -0.497 e. The molecule has 1 fully saturated rings. The van der Waals surface area contributed by atoms with Crippen molar-refractivity contribution in [3.05, 3.63) is 53.4 Å². The predicted octanol–water partition coefficient (Wildman–Crippen LogP) is 2.26. The lowest BCUT2D eigenvalue weighted by Gasteiger charge is -2.16. The van der Waals surface area contributed by atoms with Crippen LogP contribution >= 0.6 is 0 Å². The molecule has 0 bridgehead atoms. The van der Waals surface area contributed by atoms with Gasteiger partial charge in [0.15, 0.2) is 0 Å². The molecule has 3 aromatic rings. The Kier molecular flexibility index (Phi) is 6.20. The molecule has 9 nitrogen and oxygen atoms in total. The van der Waals surface area contributed by atoms with Crippen LogP contribution in [0.3, 0.4) is 0 Å². The lowest BCUT2D eigenvalue weighted by molar-refractivity contribution is -0.131. The number of aromatic nitrogens is 5. The highest BCUT2D eigenvalue weighted by molar-refractivity contribution is 5.76. The van der Waals surface area contributed by atoms with Gasteiger partial charge in [-0.05, 0) is 50.6 Å². The molecule has 31 heavy (non-hydrogen) atoms. The van der Waals surface area contributed by atoms with Gasteiger partial charge in [0.25, 0.3) is 0 Å². The Labute approximate surface area is 181 Å². The largest absolute Gasteiger partial charge is 0.497 e. The maximum absolute atomic E-state index is 12.7. The van der Waals surface area contributed by atoms with Crippen LogP contribution in [0.2, 0.25) is 0 Å². The molecule has 1 aliphatic heterocycles. The molecule has 164 valence electrons. The first-order valence-corrected chi connectivity index (χ1v) is 10.5. The summed E-state index contributed by atoms with van der Waals surface area (Å²) in [4.78, 5) is 18.8. The van der Waals surface area contributed by atoms with Crippen LogP contribution in [0.25, 0.3) is 0 Å². The van der Waals surface area contributed by atoms with E-state index in [2.05, 4.69) is 26.3 Å². The Hall–Kier alpha value is -3.36. The van der Waals surface area contributed by atoms with Crippen molar-refractivity contribution >= 4 is 5.91 Å². The second-order valence-corrected chi connectivity index (χ2v) is 7.78. The van der Waals surface area contributed by atoms with Gasteiger partial charge in [-0.1, -0.05) is 0 Å². The molecule has 3 heterocycles. The molecule has 1 aliphatic rings. The second kappa shape index (κ2) is 9.20. The first-order valence-electron chi connectivity index (χ1n) is 10.5. The second-order valence-electron chi connectivity index (χ2n) is 7.78. The molecule has 1 aromatic carbocycles. The van der Waals surface area contributed by atoms with E-state index < -0.39 is 0 Å². The molecule has 0 spiro atoms. The molecular formula is C22H28N6O3. The lowest BCUT2D eigenvalue weighted by Crippen LogP contribution is -2.32. The van der Waals surface area contributed by atoms with Gasteiger partial charge in [-0.15, -0.1) is 0 Å². The number of amides is 1. The average Bonchev–Trinajstić information content (AvgIpc) is 3.49. The normalized spacial score (nSPS) is 16.0. The van der Waals surface area contributed by atoms with E-state index in [0.29, 0.717) is 19.0 Å². The highest BCUT2D eigenvalue weighted by Gasteiger charge is 2.29. The van der Waals surface area contributed by atoms with Gasteiger partial charge in [0.1, 0.15) is 29.7 Å². The van der Waals surface area contributed by atoms with E-state index in [1.807, 2.05) is 43.0 Å². The Morgan fingerprint density at radius 3 is 2.71 bits per heavy atom. The summed E-state index contributed by atoms with van der Waals surface area (Å²) >= 11 is 0. The van der Waals surface area contributed by atoms with E-state index >= 15 is 0 Å². The first-order chi connectivity index (χ1) is 15.0. The average molecular weight is 425 g/mol. The van der Waals surface area contributed by atoms with Crippen LogP contribution < -0.4 is 9.47 Å². The molecule has 0 aliphatic carbocycles. The van der Waals surface area contributed by atoms with Crippen LogP contribution in [0.4, 0.5) is 0 Å². The Morgan fingerprint density at radius 1 is 1.23 bits per heavy atom. The van der Waals surface area contributed by atoms with Crippen molar-refractivity contribution in [2.75, 3.05) is 26.8 Å².